The Bertz CT molecular complexity index is 5330. The number of hydrogen-bond acceptors (Lipinski definition) is 22. The van der Waals surface area contributed by atoms with Crippen LogP contribution in [0.4, 0.5) is 0 Å². The molecule has 46 heteroatoms. The van der Waals surface area contributed by atoms with E-state index in [1.54, 1.807) is 74.8 Å². The van der Waals surface area contributed by atoms with Gasteiger partial charge in [-0.3, -0.25) is 86.9 Å². The number of nitrogens with two attached hydrogens (primary N) is 3. The highest BCUT2D eigenvalue weighted by molar-refractivity contribution is 8.00. The number of halogens is 2. The van der Waals surface area contributed by atoms with Crippen molar-refractivity contribution in [1.82, 2.24) is 103 Å². The number of unbranched alkanes of at least 4 members (excludes halogenated alkanes) is 2. The Labute approximate surface area is 805 Å². The van der Waals surface area contributed by atoms with E-state index in [-0.39, 0.29) is 99.7 Å². The fourth-order valence-corrected chi connectivity index (χ4v) is 18.0. The van der Waals surface area contributed by atoms with Gasteiger partial charge in [0, 0.05) is 125 Å². The molecule has 15 atom stereocenters. The fourth-order valence-electron chi connectivity index (χ4n) is 16.8. The van der Waals surface area contributed by atoms with Gasteiger partial charge >= 0.3 is 0 Å². The number of rotatable bonds is 26. The zero-order valence-corrected chi connectivity index (χ0v) is 80.1. The molecule has 3 saturated heterocycles. The van der Waals surface area contributed by atoms with Gasteiger partial charge in [-0.2, -0.15) is 0 Å². The first kappa shape index (κ1) is 108. The molecule has 137 heavy (non-hydrogen) atoms. The minimum absolute atomic E-state index is 0.0142. The maximum Gasteiger partial charge on any atom is 0.246 e. The van der Waals surface area contributed by atoms with Crippen LogP contribution >= 0.6 is 35.0 Å². The number of aromatic amines is 3. The number of nitrogens with zero attached hydrogens (tertiary/aromatic N) is 6. The summed E-state index contributed by atoms with van der Waals surface area (Å²) < 4.78 is 0. The number of guanidine groups is 1. The second-order valence-corrected chi connectivity index (χ2v) is 36.9. The van der Waals surface area contributed by atoms with Crippen LogP contribution in [0.15, 0.2) is 91.6 Å². The van der Waals surface area contributed by atoms with Gasteiger partial charge in [0.25, 0.3) is 0 Å². The molecule has 6 heterocycles. The lowest BCUT2D eigenvalue weighted by Gasteiger charge is -2.36. The van der Waals surface area contributed by atoms with E-state index in [0.29, 0.717) is 69.9 Å². The number of nitrogens with one attached hydrogen (secondary N) is 15. The molecule has 3 aliphatic heterocycles. The van der Waals surface area contributed by atoms with Crippen LogP contribution in [0.1, 0.15) is 140 Å². The van der Waals surface area contributed by atoms with E-state index in [0.717, 1.165) is 36.3 Å². The maximum atomic E-state index is 15.8. The van der Waals surface area contributed by atoms with Gasteiger partial charge < -0.3 is 125 Å². The predicted molar refractivity (Wildman–Crippen MR) is 508 cm³/mol. The van der Waals surface area contributed by atoms with Gasteiger partial charge in [0.05, 0.1) is 47.8 Å². The van der Waals surface area contributed by atoms with Gasteiger partial charge in [-0.1, -0.05) is 119 Å². The van der Waals surface area contributed by atoms with E-state index in [4.69, 9.17) is 45.8 Å². The van der Waals surface area contributed by atoms with Crippen LogP contribution in [0.25, 0.3) is 21.8 Å². The zero-order chi connectivity index (χ0) is 100. The Hall–Kier alpha value is -12.9. The quantitative estimate of drug-likeness (QED) is 0.0170. The number of fused-ring (bicyclic) bond motifs is 4. The summed E-state index contributed by atoms with van der Waals surface area (Å²) in [5, 5.41) is 61.1. The van der Waals surface area contributed by atoms with Crippen LogP contribution < -0.4 is 75.7 Å². The molecule has 43 nitrogen and oxygen atoms in total. The fraction of sp³-hybridized carbons (Fsp3) is 0.527. The summed E-state index contributed by atoms with van der Waals surface area (Å²) in [5.74, 6) is -18.0. The molecule has 0 radical (unpaired) electrons. The van der Waals surface area contributed by atoms with Crippen LogP contribution in [0, 0.1) is 11.3 Å². The number of likely N-dealkylation sites (N-methyl/N-ethyl adjacent to an activating group) is 3. The number of H-pyrrole nitrogens is 3. The second kappa shape index (κ2) is 51.3. The number of carbonyl (C=O) groups is 17. The summed E-state index contributed by atoms with van der Waals surface area (Å²) in [7, 11) is 3.90. The average Bonchev–Trinajstić information content (AvgIpc) is 1.76. The average molecular weight is 1960 g/mol. The Morgan fingerprint density at radius 3 is 1.71 bits per heavy atom. The molecule has 744 valence electrons. The molecule has 3 aromatic carbocycles. The summed E-state index contributed by atoms with van der Waals surface area (Å²) in [5.41, 5.74) is 19.7. The first-order valence-electron chi connectivity index (χ1n) is 45.6. The molecule has 0 bridgehead atoms. The Morgan fingerprint density at radius 2 is 1.11 bits per heavy atom. The summed E-state index contributed by atoms with van der Waals surface area (Å²) >= 11 is 13.5. The topological polar surface area (TPSA) is 641 Å². The molecule has 9 rings (SSSR count). The second-order valence-electron chi connectivity index (χ2n) is 35.1. The molecule has 0 saturated carbocycles. The Morgan fingerprint density at radius 1 is 0.562 bits per heavy atom. The standard InChI is InChI=1S/C91H126Cl2N24O19S/c1-9-11-24-70-83(129)105-61(23-17-29-99-91(96)97)79(125)112-69(78(124)102-42-75(95)121)45-137-46-76(122)104-65(33-50-27-28-57(92)58(93)32-50)86(132)113(6)49(5)77(123)108-67(38-74(94)120)88(134)116-30-18-26-71(116)84(130)107-63(36-53-41-98-47-103-53)81(127)109-64(31-48(3)4)89(135)117-43-54(119)37-73(117)85(131)106-62(34-51-39-100-59-21-15-13-19-55(51)59)80(126)111-68(44-118)82(128)110-66(35-52-40-101-60-22-16-14-20-56(52)60)87(133)115(8)72(25-12-10-2)90(136)114(70)7/h13-16,19-22,27-28,32,39-41,47-49,54,61-73,100-101,118-119H,9-12,17-18,23-26,29-31,33-38,42-46H2,1-8H3,(H2,94,120)(H2,95,121)(H,98,103)(H,102,124)(H,104,122)(H,105,129)(H,106,131)(H,107,130)(H,108,123)(H,109,127)(H,110,128)(H,111,126)(H,112,125)(H4,96,97,99)/t49-,54+,61-,62-,63-,64-,65-,66-,67-,68-,69-,70-,71-,72-,73?/m0/s1. The van der Waals surface area contributed by atoms with Crippen molar-refractivity contribution < 1.29 is 91.7 Å². The van der Waals surface area contributed by atoms with Crippen LogP contribution in [0.5, 0.6) is 0 Å². The zero-order valence-electron chi connectivity index (χ0n) is 77.8. The monoisotopic (exact) mass is 1960 g/mol. The van der Waals surface area contributed by atoms with Crippen LogP contribution in [0.2, 0.25) is 10.0 Å². The van der Waals surface area contributed by atoms with Gasteiger partial charge in [-0.05, 0) is 98.7 Å². The van der Waals surface area contributed by atoms with E-state index in [9.17, 15) is 53.4 Å². The van der Waals surface area contributed by atoms with E-state index in [2.05, 4.69) is 78.4 Å². The third-order valence-corrected chi connectivity index (χ3v) is 26.1. The Kier molecular flexibility index (Phi) is 40.3. The largest absolute Gasteiger partial charge is 0.394 e. The molecule has 17 amide bonds. The highest BCUT2D eigenvalue weighted by Crippen LogP contribution is 2.29. The highest BCUT2D eigenvalue weighted by Gasteiger charge is 2.47. The normalized spacial score (nSPS) is 24.6. The number of hydrogen-bond donors (Lipinski definition) is 20. The van der Waals surface area contributed by atoms with E-state index < -0.39 is 241 Å². The summed E-state index contributed by atoms with van der Waals surface area (Å²) in [6.45, 7) is 5.99. The molecular formula is C91H126Cl2N24O19S. The number of primary amides is 2. The summed E-state index contributed by atoms with van der Waals surface area (Å²) in [6.07, 6.45) is 3.58. The summed E-state index contributed by atoms with van der Waals surface area (Å²) in [4.78, 5) is 270. The third-order valence-electron chi connectivity index (χ3n) is 24.4. The minimum Gasteiger partial charge on any atom is -0.394 e. The summed E-state index contributed by atoms with van der Waals surface area (Å²) in [6, 6.07) is -3.54. The number of imidazole rings is 1. The lowest BCUT2D eigenvalue weighted by atomic mass is 10.00. The first-order chi connectivity index (χ1) is 65.2. The van der Waals surface area contributed by atoms with Crippen molar-refractivity contribution in [2.24, 2.45) is 23.1 Å². The number of para-hydroxylation sites is 2. The number of aromatic nitrogens is 4. The number of amides is 17. The number of aliphatic hydroxyl groups excluding tert-OH is 2. The molecule has 3 fully saturated rings. The minimum atomic E-state index is -1.90. The van der Waals surface area contributed by atoms with Gasteiger partial charge in [0.15, 0.2) is 5.96 Å². The van der Waals surface area contributed by atoms with Crippen molar-refractivity contribution in [3.8, 4) is 0 Å². The van der Waals surface area contributed by atoms with Gasteiger partial charge in [0.1, 0.15) is 84.6 Å². The SMILES string of the molecule is CCCC[C@H]1C(=O)N(C)[C@@H](CCCC)C(=O)N[C@@H](CCCNC(=N)N)C(=O)N[C@H](C(=O)NCC(N)=O)CSCC(=O)N[C@@H](Cc2ccc(Cl)c(Cl)c2)C(=O)N(C)[C@@H](C)C(=O)N[C@@H](CC(N)=O)C(=O)N2CCC[C@H]2C(=O)N[C@@H](Cc2cnc[nH]2)C(=O)N[C@@H](CC(C)C)C(=O)N2C[C@H](O)CC2C(=O)N[C@@H](Cc2c[nH]c3ccccc23)C(=O)N[C@@H](CO)C(=O)N[C@@H](Cc2c[nH]c3ccccc23)C(=O)N1C. The molecular weight excluding hydrogens is 1840 g/mol. The predicted octanol–water partition coefficient (Wildman–Crippen LogP) is -1.33. The van der Waals surface area contributed by atoms with Crippen molar-refractivity contribution in [2.45, 2.75) is 234 Å². The van der Waals surface area contributed by atoms with Crippen molar-refractivity contribution in [1.29, 1.82) is 5.41 Å². The molecule has 3 aromatic heterocycles. The van der Waals surface area contributed by atoms with Crippen LogP contribution in [-0.4, -0.2) is 317 Å². The Balaban J connectivity index is 1.11. The lowest BCUT2D eigenvalue weighted by Crippen LogP contribution is -2.62. The molecule has 3 aliphatic rings. The molecule has 23 N–H and O–H groups in total. The lowest BCUT2D eigenvalue weighted by molar-refractivity contribution is -0.149. The van der Waals surface area contributed by atoms with Crippen molar-refractivity contribution in [3.05, 3.63) is 124 Å². The van der Waals surface area contributed by atoms with Gasteiger partial charge in [-0.15, -0.1) is 11.8 Å². The van der Waals surface area contributed by atoms with Crippen molar-refractivity contribution in [3.63, 3.8) is 0 Å². The van der Waals surface area contributed by atoms with E-state index in [1.807, 2.05) is 13.8 Å². The number of carbonyl (C=O) groups excluding carboxylic acids is 17. The molecule has 6 aromatic rings. The number of aliphatic hydroxyl groups is 2. The van der Waals surface area contributed by atoms with Gasteiger partial charge in [0.2, 0.25) is 100 Å². The third kappa shape index (κ3) is 30.0. The smallest absolute Gasteiger partial charge is 0.246 e. The molecule has 0 aliphatic carbocycles. The molecule has 1 unspecified atom stereocenters. The maximum absolute atomic E-state index is 15.8. The van der Waals surface area contributed by atoms with Crippen LogP contribution in [0.3, 0.4) is 0 Å². The van der Waals surface area contributed by atoms with E-state index in [1.165, 1.54) is 58.8 Å². The van der Waals surface area contributed by atoms with Crippen LogP contribution in [-0.2, 0) is 107 Å². The molecule has 0 spiro atoms. The van der Waals surface area contributed by atoms with Crippen molar-refractivity contribution >= 4 is 163 Å². The highest BCUT2D eigenvalue weighted by atomic mass is 35.5. The van der Waals surface area contributed by atoms with E-state index >= 15 is 38.4 Å². The van der Waals surface area contributed by atoms with Gasteiger partial charge in [-0.25, -0.2) is 4.98 Å². The first-order valence-corrected chi connectivity index (χ1v) is 47.6. The van der Waals surface area contributed by atoms with Crippen molar-refractivity contribution in [2.75, 3.05) is 65.4 Å². The number of thioether (sulfide) groups is 1. The number of benzene rings is 3.